The van der Waals surface area contributed by atoms with Gasteiger partial charge in [0.25, 0.3) is 0 Å². The SMILES string of the molecule is COc1cc2c(cc1OC)-c1c(OC)ccc(OC)c1C2=O. The Hall–Kier alpha value is -2.69. The fraction of sp³-hybridized carbons (Fsp3) is 0.235. The maximum Gasteiger partial charge on any atom is 0.198 e. The third-order valence-electron chi connectivity index (χ3n) is 3.83. The molecular weight excluding hydrogens is 284 g/mol. The molecule has 1 aliphatic rings. The average molecular weight is 300 g/mol. The van der Waals surface area contributed by atoms with Crippen LogP contribution in [0.2, 0.25) is 0 Å². The van der Waals surface area contributed by atoms with Crippen molar-refractivity contribution in [2.24, 2.45) is 0 Å². The van der Waals surface area contributed by atoms with E-state index in [0.717, 1.165) is 11.1 Å². The number of rotatable bonds is 4. The van der Waals surface area contributed by atoms with Crippen LogP contribution in [-0.4, -0.2) is 34.2 Å². The zero-order valence-electron chi connectivity index (χ0n) is 12.9. The van der Waals surface area contributed by atoms with Gasteiger partial charge >= 0.3 is 0 Å². The summed E-state index contributed by atoms with van der Waals surface area (Å²) >= 11 is 0. The number of hydrogen-bond donors (Lipinski definition) is 0. The molecule has 0 saturated carbocycles. The van der Waals surface area contributed by atoms with E-state index in [1.165, 1.54) is 7.11 Å². The zero-order chi connectivity index (χ0) is 15.9. The largest absolute Gasteiger partial charge is 0.496 e. The van der Waals surface area contributed by atoms with Crippen molar-refractivity contribution in [1.29, 1.82) is 0 Å². The van der Waals surface area contributed by atoms with Crippen molar-refractivity contribution in [3.63, 3.8) is 0 Å². The predicted molar refractivity (Wildman–Crippen MR) is 81.5 cm³/mol. The van der Waals surface area contributed by atoms with Gasteiger partial charge in [-0.3, -0.25) is 4.79 Å². The van der Waals surface area contributed by atoms with Gasteiger partial charge in [-0.05, 0) is 24.3 Å². The molecule has 0 bridgehead atoms. The first-order valence-corrected chi connectivity index (χ1v) is 6.72. The predicted octanol–water partition coefficient (Wildman–Crippen LogP) is 2.93. The van der Waals surface area contributed by atoms with Crippen LogP contribution in [0.1, 0.15) is 15.9 Å². The highest BCUT2D eigenvalue weighted by molar-refractivity contribution is 6.24. The van der Waals surface area contributed by atoms with Gasteiger partial charge < -0.3 is 18.9 Å². The molecule has 0 unspecified atom stereocenters. The molecule has 0 N–H and O–H groups in total. The van der Waals surface area contributed by atoms with Crippen molar-refractivity contribution in [3.8, 4) is 34.1 Å². The summed E-state index contributed by atoms with van der Waals surface area (Å²) in [5, 5.41) is 0. The molecule has 2 aromatic rings. The minimum Gasteiger partial charge on any atom is -0.496 e. The van der Waals surface area contributed by atoms with Gasteiger partial charge in [-0.1, -0.05) is 0 Å². The molecule has 0 saturated heterocycles. The first kappa shape index (κ1) is 14.3. The minimum atomic E-state index is -0.110. The lowest BCUT2D eigenvalue weighted by Crippen LogP contribution is -2.00. The maximum atomic E-state index is 12.8. The second-order valence-electron chi connectivity index (χ2n) is 4.80. The number of fused-ring (bicyclic) bond motifs is 3. The number of ketones is 1. The van der Waals surface area contributed by atoms with Crippen LogP contribution in [0.25, 0.3) is 11.1 Å². The molecular formula is C17H16O5. The van der Waals surface area contributed by atoms with Gasteiger partial charge in [0.15, 0.2) is 17.3 Å². The highest BCUT2D eigenvalue weighted by Crippen LogP contribution is 2.49. The Morgan fingerprint density at radius 3 is 1.59 bits per heavy atom. The monoisotopic (exact) mass is 300 g/mol. The second kappa shape index (κ2) is 5.26. The molecule has 5 nitrogen and oxygen atoms in total. The molecule has 0 aromatic heterocycles. The lowest BCUT2D eigenvalue weighted by molar-refractivity contribution is 0.104. The molecule has 0 spiro atoms. The summed E-state index contributed by atoms with van der Waals surface area (Å²) in [5.41, 5.74) is 2.54. The summed E-state index contributed by atoms with van der Waals surface area (Å²) in [7, 11) is 6.22. The van der Waals surface area contributed by atoms with Crippen LogP contribution < -0.4 is 18.9 Å². The fourth-order valence-corrected chi connectivity index (χ4v) is 2.81. The van der Waals surface area contributed by atoms with Gasteiger partial charge in [0.1, 0.15) is 11.5 Å². The van der Waals surface area contributed by atoms with Crippen LogP contribution in [0.15, 0.2) is 24.3 Å². The number of carbonyl (C=O) groups excluding carboxylic acids is 1. The Bertz CT molecular complexity index is 764. The Morgan fingerprint density at radius 1 is 0.636 bits per heavy atom. The van der Waals surface area contributed by atoms with E-state index >= 15 is 0 Å². The molecule has 0 aliphatic heterocycles. The summed E-state index contributed by atoms with van der Waals surface area (Å²) in [6, 6.07) is 7.00. The van der Waals surface area contributed by atoms with Crippen LogP contribution >= 0.6 is 0 Å². The van der Waals surface area contributed by atoms with Crippen molar-refractivity contribution < 1.29 is 23.7 Å². The number of ether oxygens (including phenoxy) is 4. The molecule has 1 aliphatic carbocycles. The van der Waals surface area contributed by atoms with E-state index in [9.17, 15) is 4.79 Å². The van der Waals surface area contributed by atoms with Crippen molar-refractivity contribution >= 4 is 5.78 Å². The number of carbonyl (C=O) groups is 1. The van der Waals surface area contributed by atoms with E-state index in [1.807, 2.05) is 0 Å². The van der Waals surface area contributed by atoms with E-state index in [1.54, 1.807) is 45.6 Å². The van der Waals surface area contributed by atoms with Crippen LogP contribution in [0.5, 0.6) is 23.0 Å². The zero-order valence-corrected chi connectivity index (χ0v) is 12.9. The number of benzene rings is 2. The van der Waals surface area contributed by atoms with Gasteiger partial charge in [-0.15, -0.1) is 0 Å². The highest BCUT2D eigenvalue weighted by Gasteiger charge is 2.34. The quantitative estimate of drug-likeness (QED) is 0.741. The molecule has 0 heterocycles. The molecule has 0 radical (unpaired) electrons. The third-order valence-corrected chi connectivity index (χ3v) is 3.83. The van der Waals surface area contributed by atoms with Crippen LogP contribution in [0.3, 0.4) is 0 Å². The van der Waals surface area contributed by atoms with Gasteiger partial charge in [0.2, 0.25) is 0 Å². The fourth-order valence-electron chi connectivity index (χ4n) is 2.81. The molecule has 0 fully saturated rings. The van der Waals surface area contributed by atoms with Gasteiger partial charge in [-0.2, -0.15) is 0 Å². The van der Waals surface area contributed by atoms with E-state index in [2.05, 4.69) is 0 Å². The Balaban J connectivity index is 2.35. The molecule has 0 amide bonds. The topological polar surface area (TPSA) is 54.0 Å². The average Bonchev–Trinajstić information content (AvgIpc) is 2.85. The van der Waals surface area contributed by atoms with Crippen molar-refractivity contribution in [3.05, 3.63) is 35.4 Å². The summed E-state index contributed by atoms with van der Waals surface area (Å²) in [4.78, 5) is 12.8. The summed E-state index contributed by atoms with van der Waals surface area (Å²) in [6.07, 6.45) is 0. The van der Waals surface area contributed by atoms with Crippen molar-refractivity contribution in [2.45, 2.75) is 0 Å². The summed E-state index contributed by atoms with van der Waals surface area (Å²) in [6.45, 7) is 0. The maximum absolute atomic E-state index is 12.8. The van der Waals surface area contributed by atoms with Crippen LogP contribution in [-0.2, 0) is 0 Å². The lowest BCUT2D eigenvalue weighted by atomic mass is 10.0. The molecule has 0 atom stereocenters. The Labute approximate surface area is 128 Å². The smallest absolute Gasteiger partial charge is 0.198 e. The van der Waals surface area contributed by atoms with Crippen molar-refractivity contribution in [2.75, 3.05) is 28.4 Å². The number of hydrogen-bond acceptors (Lipinski definition) is 5. The number of methoxy groups -OCH3 is 4. The standard InChI is InChI=1S/C17H16O5/c1-19-11-5-6-12(20-2)16-15(11)9-7-13(21-3)14(22-4)8-10(9)17(16)18/h5-8H,1-4H3. The normalized spacial score (nSPS) is 11.7. The Kier molecular flexibility index (Phi) is 3.41. The van der Waals surface area contributed by atoms with Gasteiger partial charge in [0.05, 0.1) is 34.0 Å². The summed E-state index contributed by atoms with van der Waals surface area (Å²) < 4.78 is 21.4. The van der Waals surface area contributed by atoms with E-state index < -0.39 is 0 Å². The lowest BCUT2D eigenvalue weighted by Gasteiger charge is -2.12. The highest BCUT2D eigenvalue weighted by atomic mass is 16.5. The molecule has 22 heavy (non-hydrogen) atoms. The van der Waals surface area contributed by atoms with Gasteiger partial charge in [0, 0.05) is 16.7 Å². The molecule has 114 valence electrons. The third kappa shape index (κ3) is 1.82. The Morgan fingerprint density at radius 2 is 1.09 bits per heavy atom. The first-order chi connectivity index (χ1) is 10.7. The van der Waals surface area contributed by atoms with E-state index in [0.29, 0.717) is 34.1 Å². The molecule has 5 heteroatoms. The second-order valence-corrected chi connectivity index (χ2v) is 4.80. The van der Waals surface area contributed by atoms with Gasteiger partial charge in [-0.25, -0.2) is 0 Å². The van der Waals surface area contributed by atoms with Crippen LogP contribution in [0.4, 0.5) is 0 Å². The first-order valence-electron chi connectivity index (χ1n) is 6.72. The van der Waals surface area contributed by atoms with E-state index in [-0.39, 0.29) is 5.78 Å². The molecule has 2 aromatic carbocycles. The van der Waals surface area contributed by atoms with Crippen LogP contribution in [0, 0.1) is 0 Å². The molecule has 3 rings (SSSR count). The van der Waals surface area contributed by atoms with Crippen molar-refractivity contribution in [1.82, 2.24) is 0 Å². The summed E-state index contributed by atoms with van der Waals surface area (Å²) in [5.74, 6) is 2.11. The minimum absolute atomic E-state index is 0.110. The van der Waals surface area contributed by atoms with E-state index in [4.69, 9.17) is 18.9 Å².